The average molecular weight is 255 g/mol. The van der Waals surface area contributed by atoms with Crippen LogP contribution in [-0.2, 0) is 19.1 Å². The SMILES string of the molecule is COC(=O)CC1CN(C(=O)C(C)C2CC2)CCO1. The van der Waals surface area contributed by atoms with Crippen LogP contribution >= 0.6 is 0 Å². The van der Waals surface area contributed by atoms with Crippen LogP contribution in [0.4, 0.5) is 0 Å². The number of amides is 1. The van der Waals surface area contributed by atoms with Gasteiger partial charge in [-0.3, -0.25) is 9.59 Å². The van der Waals surface area contributed by atoms with E-state index in [0.29, 0.717) is 25.6 Å². The molecule has 0 spiro atoms. The number of hydrogen-bond acceptors (Lipinski definition) is 4. The Morgan fingerprint density at radius 3 is 2.78 bits per heavy atom. The van der Waals surface area contributed by atoms with Gasteiger partial charge in [0.05, 0.1) is 26.2 Å². The van der Waals surface area contributed by atoms with Crippen molar-refractivity contribution in [2.24, 2.45) is 11.8 Å². The zero-order valence-electron chi connectivity index (χ0n) is 11.1. The van der Waals surface area contributed by atoms with Gasteiger partial charge in [0.1, 0.15) is 0 Å². The molecule has 2 atom stereocenters. The summed E-state index contributed by atoms with van der Waals surface area (Å²) < 4.78 is 10.1. The first-order chi connectivity index (χ1) is 8.61. The van der Waals surface area contributed by atoms with Crippen LogP contribution in [-0.4, -0.2) is 49.7 Å². The lowest BCUT2D eigenvalue weighted by atomic mass is 10.0. The van der Waals surface area contributed by atoms with E-state index in [4.69, 9.17) is 4.74 Å². The summed E-state index contributed by atoms with van der Waals surface area (Å²) in [4.78, 5) is 25.3. The zero-order valence-corrected chi connectivity index (χ0v) is 11.1. The third-order valence-electron chi connectivity index (χ3n) is 3.79. The van der Waals surface area contributed by atoms with Crippen molar-refractivity contribution in [3.8, 4) is 0 Å². The number of carbonyl (C=O) groups is 2. The Morgan fingerprint density at radius 2 is 2.17 bits per heavy atom. The van der Waals surface area contributed by atoms with Crippen molar-refractivity contribution in [2.75, 3.05) is 26.8 Å². The maximum atomic E-state index is 12.2. The van der Waals surface area contributed by atoms with Gasteiger partial charge in [0, 0.05) is 19.0 Å². The standard InChI is InChI=1S/C13H21NO4/c1-9(10-3-4-10)13(16)14-5-6-18-11(8-14)7-12(15)17-2/h9-11H,3-8H2,1-2H3. The lowest BCUT2D eigenvalue weighted by Crippen LogP contribution is -2.48. The first kappa shape index (κ1) is 13.3. The molecule has 1 saturated heterocycles. The molecule has 0 N–H and O–H groups in total. The first-order valence-electron chi connectivity index (χ1n) is 6.59. The molecule has 2 unspecified atom stereocenters. The number of methoxy groups -OCH3 is 1. The monoisotopic (exact) mass is 255 g/mol. The van der Waals surface area contributed by atoms with Gasteiger partial charge >= 0.3 is 5.97 Å². The molecular formula is C13H21NO4. The third kappa shape index (κ3) is 3.22. The van der Waals surface area contributed by atoms with Crippen LogP contribution in [0.25, 0.3) is 0 Å². The number of rotatable bonds is 4. The van der Waals surface area contributed by atoms with Gasteiger partial charge in [0.15, 0.2) is 0 Å². The van der Waals surface area contributed by atoms with Gasteiger partial charge in [-0.2, -0.15) is 0 Å². The number of esters is 1. The Kier molecular flexibility index (Phi) is 4.22. The van der Waals surface area contributed by atoms with Crippen molar-refractivity contribution in [2.45, 2.75) is 32.3 Å². The molecule has 102 valence electrons. The fraction of sp³-hybridized carbons (Fsp3) is 0.846. The average Bonchev–Trinajstić information content (AvgIpc) is 3.21. The topological polar surface area (TPSA) is 55.8 Å². The van der Waals surface area contributed by atoms with E-state index >= 15 is 0 Å². The maximum absolute atomic E-state index is 12.2. The molecule has 2 aliphatic rings. The summed E-state index contributed by atoms with van der Waals surface area (Å²) in [6.45, 7) is 3.65. The zero-order chi connectivity index (χ0) is 13.1. The second-order valence-electron chi connectivity index (χ2n) is 5.18. The highest BCUT2D eigenvalue weighted by Gasteiger charge is 2.36. The number of carbonyl (C=O) groups excluding carboxylic acids is 2. The molecule has 0 aromatic carbocycles. The van der Waals surface area contributed by atoms with E-state index in [-0.39, 0.29) is 30.3 Å². The molecular weight excluding hydrogens is 234 g/mol. The summed E-state index contributed by atoms with van der Waals surface area (Å²) in [6.07, 6.45) is 2.34. The van der Waals surface area contributed by atoms with Gasteiger partial charge < -0.3 is 14.4 Å². The number of morpholine rings is 1. The van der Waals surface area contributed by atoms with Crippen LogP contribution in [0.2, 0.25) is 0 Å². The van der Waals surface area contributed by atoms with E-state index in [2.05, 4.69) is 4.74 Å². The van der Waals surface area contributed by atoms with Crippen molar-refractivity contribution in [3.63, 3.8) is 0 Å². The summed E-state index contributed by atoms with van der Waals surface area (Å²) in [5.41, 5.74) is 0. The molecule has 0 aromatic rings. The molecule has 1 aliphatic heterocycles. The van der Waals surface area contributed by atoms with Crippen molar-refractivity contribution < 1.29 is 19.1 Å². The highest BCUT2D eigenvalue weighted by Crippen LogP contribution is 2.37. The molecule has 5 nitrogen and oxygen atoms in total. The molecule has 18 heavy (non-hydrogen) atoms. The molecule has 0 bridgehead atoms. The molecule has 1 heterocycles. The molecule has 1 amide bonds. The van der Waals surface area contributed by atoms with Crippen molar-refractivity contribution in [1.29, 1.82) is 0 Å². The van der Waals surface area contributed by atoms with Crippen LogP contribution in [0.1, 0.15) is 26.2 Å². The lowest BCUT2D eigenvalue weighted by Gasteiger charge is -2.34. The Labute approximate surface area is 107 Å². The minimum absolute atomic E-state index is 0.113. The molecule has 2 rings (SSSR count). The maximum Gasteiger partial charge on any atom is 0.308 e. The largest absolute Gasteiger partial charge is 0.469 e. The van der Waals surface area contributed by atoms with E-state index in [1.165, 1.54) is 20.0 Å². The Hall–Kier alpha value is -1.10. The van der Waals surface area contributed by atoms with Crippen LogP contribution in [0.15, 0.2) is 0 Å². The second-order valence-corrected chi connectivity index (χ2v) is 5.18. The summed E-state index contributed by atoms with van der Waals surface area (Å²) in [5, 5.41) is 0. The summed E-state index contributed by atoms with van der Waals surface area (Å²) >= 11 is 0. The molecule has 1 saturated carbocycles. The summed E-state index contributed by atoms with van der Waals surface area (Å²) in [7, 11) is 1.36. The summed E-state index contributed by atoms with van der Waals surface area (Å²) in [5.74, 6) is 0.599. The molecule has 2 fully saturated rings. The number of hydrogen-bond donors (Lipinski definition) is 0. The summed E-state index contributed by atoms with van der Waals surface area (Å²) in [6, 6.07) is 0. The van der Waals surface area contributed by atoms with Crippen molar-refractivity contribution in [1.82, 2.24) is 4.90 Å². The van der Waals surface area contributed by atoms with Gasteiger partial charge in [-0.15, -0.1) is 0 Å². The van der Waals surface area contributed by atoms with Crippen LogP contribution < -0.4 is 0 Å². The quantitative estimate of drug-likeness (QED) is 0.698. The van der Waals surface area contributed by atoms with E-state index < -0.39 is 0 Å². The second kappa shape index (κ2) is 5.69. The third-order valence-corrected chi connectivity index (χ3v) is 3.79. The predicted octanol–water partition coefficient (Wildman–Crippen LogP) is 0.823. The fourth-order valence-electron chi connectivity index (χ4n) is 2.40. The van der Waals surface area contributed by atoms with E-state index in [0.717, 1.165) is 0 Å². The lowest BCUT2D eigenvalue weighted by molar-refractivity contribution is -0.151. The molecule has 5 heteroatoms. The van der Waals surface area contributed by atoms with Crippen LogP contribution in [0.5, 0.6) is 0 Å². The molecule has 0 aromatic heterocycles. The normalized spacial score (nSPS) is 25.7. The number of nitrogens with zero attached hydrogens (tertiary/aromatic N) is 1. The first-order valence-corrected chi connectivity index (χ1v) is 6.59. The van der Waals surface area contributed by atoms with Crippen molar-refractivity contribution in [3.05, 3.63) is 0 Å². The van der Waals surface area contributed by atoms with Crippen molar-refractivity contribution >= 4 is 11.9 Å². The Morgan fingerprint density at radius 1 is 1.44 bits per heavy atom. The highest BCUT2D eigenvalue weighted by atomic mass is 16.5. The van der Waals surface area contributed by atoms with Gasteiger partial charge in [0.2, 0.25) is 5.91 Å². The van der Waals surface area contributed by atoms with E-state index in [1.807, 2.05) is 11.8 Å². The van der Waals surface area contributed by atoms with Gasteiger partial charge in [-0.25, -0.2) is 0 Å². The fourth-order valence-corrected chi connectivity index (χ4v) is 2.40. The van der Waals surface area contributed by atoms with E-state index in [1.54, 1.807) is 0 Å². The van der Waals surface area contributed by atoms with Gasteiger partial charge in [0.25, 0.3) is 0 Å². The highest BCUT2D eigenvalue weighted by molar-refractivity contribution is 5.79. The van der Waals surface area contributed by atoms with Crippen LogP contribution in [0, 0.1) is 11.8 Å². The van der Waals surface area contributed by atoms with Gasteiger partial charge in [-0.05, 0) is 18.8 Å². The smallest absolute Gasteiger partial charge is 0.308 e. The molecule has 0 radical (unpaired) electrons. The van der Waals surface area contributed by atoms with E-state index in [9.17, 15) is 9.59 Å². The minimum atomic E-state index is -0.287. The van der Waals surface area contributed by atoms with Crippen LogP contribution in [0.3, 0.4) is 0 Å². The Bertz CT molecular complexity index is 327. The number of ether oxygens (including phenoxy) is 2. The molecule has 1 aliphatic carbocycles. The Balaban J connectivity index is 1.85. The predicted molar refractivity (Wildman–Crippen MR) is 64.8 cm³/mol. The van der Waals surface area contributed by atoms with Gasteiger partial charge in [-0.1, -0.05) is 6.92 Å². The minimum Gasteiger partial charge on any atom is -0.469 e.